The number of anilines is 3. The Kier molecular flexibility index (Phi) is 4.84. The van der Waals surface area contributed by atoms with Crippen LogP contribution in [0.25, 0.3) is 21.9 Å². The van der Waals surface area contributed by atoms with Gasteiger partial charge < -0.3 is 9.32 Å². The maximum Gasteiger partial charge on any atom is 0.159 e. The zero-order chi connectivity index (χ0) is 20.7. The molecule has 2 nitrogen and oxygen atoms in total. The molecule has 5 aromatic rings. The van der Waals surface area contributed by atoms with Gasteiger partial charge in [0.25, 0.3) is 0 Å². The van der Waals surface area contributed by atoms with E-state index in [9.17, 15) is 0 Å². The van der Waals surface area contributed by atoms with Crippen LogP contribution in [0.4, 0.5) is 17.1 Å². The van der Waals surface area contributed by atoms with Crippen LogP contribution in [0.5, 0.6) is 0 Å². The summed E-state index contributed by atoms with van der Waals surface area (Å²) in [5.41, 5.74) is 6.36. The van der Waals surface area contributed by atoms with Crippen molar-refractivity contribution in [2.45, 2.75) is 19.8 Å². The molecule has 0 radical (unpaired) electrons. The highest BCUT2D eigenvalue weighted by molar-refractivity contribution is 9.10. The fourth-order valence-corrected chi connectivity index (χ4v) is 4.20. The zero-order valence-electron chi connectivity index (χ0n) is 17.0. The Morgan fingerprint density at radius 3 is 2.03 bits per heavy atom. The lowest BCUT2D eigenvalue weighted by Gasteiger charge is -2.26. The van der Waals surface area contributed by atoms with Crippen LogP contribution in [-0.4, -0.2) is 0 Å². The van der Waals surface area contributed by atoms with E-state index in [0.29, 0.717) is 5.92 Å². The Balaban J connectivity index is 1.75. The summed E-state index contributed by atoms with van der Waals surface area (Å²) in [6, 6.07) is 31.8. The van der Waals surface area contributed by atoms with Crippen LogP contribution >= 0.6 is 15.9 Å². The average molecular weight is 456 g/mol. The minimum Gasteiger partial charge on any atom is -0.454 e. The molecule has 4 aromatic carbocycles. The molecule has 0 spiro atoms. The Hall–Kier alpha value is -3.04. The van der Waals surface area contributed by atoms with Gasteiger partial charge in [-0.25, -0.2) is 0 Å². The lowest BCUT2D eigenvalue weighted by atomic mass is 10.0. The van der Waals surface area contributed by atoms with Crippen molar-refractivity contribution in [3.63, 3.8) is 0 Å². The van der Waals surface area contributed by atoms with Gasteiger partial charge in [0.05, 0.1) is 5.69 Å². The van der Waals surface area contributed by atoms with Gasteiger partial charge in [-0.1, -0.05) is 72.2 Å². The highest BCUT2D eigenvalue weighted by atomic mass is 79.9. The third kappa shape index (κ3) is 3.29. The molecule has 148 valence electrons. The summed E-state index contributed by atoms with van der Waals surface area (Å²) in [5, 5.41) is 2.27. The lowest BCUT2D eigenvalue weighted by Crippen LogP contribution is -2.10. The van der Waals surface area contributed by atoms with Gasteiger partial charge >= 0.3 is 0 Å². The van der Waals surface area contributed by atoms with E-state index < -0.39 is 0 Å². The number of benzene rings is 4. The molecule has 0 atom stereocenters. The summed E-state index contributed by atoms with van der Waals surface area (Å²) in [4.78, 5) is 2.27. The number of furan rings is 1. The highest BCUT2D eigenvalue weighted by Gasteiger charge is 2.19. The van der Waals surface area contributed by atoms with Gasteiger partial charge in [-0.2, -0.15) is 0 Å². The molecule has 0 aliphatic heterocycles. The van der Waals surface area contributed by atoms with Gasteiger partial charge in [-0.3, -0.25) is 0 Å². The van der Waals surface area contributed by atoms with Crippen molar-refractivity contribution in [2.75, 3.05) is 4.90 Å². The van der Waals surface area contributed by atoms with Crippen molar-refractivity contribution < 1.29 is 4.42 Å². The second-order valence-electron chi connectivity index (χ2n) is 7.81. The van der Waals surface area contributed by atoms with Crippen molar-refractivity contribution in [1.82, 2.24) is 0 Å². The third-order valence-electron chi connectivity index (χ3n) is 5.53. The predicted octanol–water partition coefficient (Wildman–Crippen LogP) is 8.94. The Morgan fingerprint density at radius 2 is 1.33 bits per heavy atom. The van der Waals surface area contributed by atoms with Gasteiger partial charge in [-0.15, -0.1) is 0 Å². The van der Waals surface area contributed by atoms with E-state index in [1.54, 1.807) is 0 Å². The molecule has 0 aliphatic carbocycles. The van der Waals surface area contributed by atoms with E-state index in [4.69, 9.17) is 4.42 Å². The Bertz CT molecular complexity index is 1320. The van der Waals surface area contributed by atoms with Crippen molar-refractivity contribution >= 4 is 54.9 Å². The summed E-state index contributed by atoms with van der Waals surface area (Å²) in [6.07, 6.45) is 0. The topological polar surface area (TPSA) is 16.4 Å². The molecule has 0 aliphatic rings. The second-order valence-corrected chi connectivity index (χ2v) is 8.73. The van der Waals surface area contributed by atoms with E-state index in [2.05, 4.69) is 114 Å². The van der Waals surface area contributed by atoms with Crippen molar-refractivity contribution in [1.29, 1.82) is 0 Å². The molecule has 0 bridgehead atoms. The van der Waals surface area contributed by atoms with Crippen LogP contribution < -0.4 is 4.90 Å². The summed E-state index contributed by atoms with van der Waals surface area (Å²) in [7, 11) is 0. The molecule has 1 heterocycles. The quantitative estimate of drug-likeness (QED) is 0.268. The number of hydrogen-bond acceptors (Lipinski definition) is 2. The molecule has 0 amide bonds. The maximum atomic E-state index is 6.34. The molecule has 30 heavy (non-hydrogen) atoms. The largest absolute Gasteiger partial charge is 0.454 e. The van der Waals surface area contributed by atoms with Gasteiger partial charge in [0.1, 0.15) is 5.58 Å². The van der Waals surface area contributed by atoms with Crippen molar-refractivity contribution in [3.05, 3.63) is 101 Å². The fraction of sp³-hybridized carbons (Fsp3) is 0.111. The first-order valence-electron chi connectivity index (χ1n) is 10.2. The van der Waals surface area contributed by atoms with Crippen molar-refractivity contribution in [3.8, 4) is 0 Å². The molecule has 3 heteroatoms. The van der Waals surface area contributed by atoms with Crippen LogP contribution in [0.3, 0.4) is 0 Å². The number of hydrogen-bond donors (Lipinski definition) is 0. The number of rotatable bonds is 4. The van der Waals surface area contributed by atoms with Crippen LogP contribution in [0.2, 0.25) is 0 Å². The molecule has 0 saturated heterocycles. The van der Waals surface area contributed by atoms with Gasteiger partial charge in [-0.05, 0) is 60.0 Å². The summed E-state index contributed by atoms with van der Waals surface area (Å²) in [6.45, 7) is 4.44. The highest BCUT2D eigenvalue weighted by Crippen LogP contribution is 2.42. The average Bonchev–Trinajstić information content (AvgIpc) is 3.15. The van der Waals surface area contributed by atoms with Crippen LogP contribution in [-0.2, 0) is 0 Å². The van der Waals surface area contributed by atoms with Crippen LogP contribution in [0.15, 0.2) is 99.9 Å². The SMILES string of the molecule is CC(C)c1ccc(N(c2ccc(Br)cc2)c2cccc3c2oc2ccccc23)cc1. The maximum absolute atomic E-state index is 6.34. The molecule has 0 saturated carbocycles. The Labute approximate surface area is 184 Å². The summed E-state index contributed by atoms with van der Waals surface area (Å²) in [5.74, 6) is 0.499. The van der Waals surface area contributed by atoms with E-state index >= 15 is 0 Å². The first kappa shape index (κ1) is 19.0. The lowest BCUT2D eigenvalue weighted by molar-refractivity contribution is 0.669. The first-order valence-corrected chi connectivity index (χ1v) is 11.0. The fourth-order valence-electron chi connectivity index (χ4n) is 3.93. The molecule has 5 rings (SSSR count). The summed E-state index contributed by atoms with van der Waals surface area (Å²) >= 11 is 3.56. The van der Waals surface area contributed by atoms with Crippen molar-refractivity contribution in [2.24, 2.45) is 0 Å². The molecule has 0 fully saturated rings. The molecule has 1 aromatic heterocycles. The van der Waals surface area contributed by atoms with Crippen LogP contribution in [0, 0.1) is 0 Å². The standard InChI is InChI=1S/C27H22BrNO/c1-18(2)19-10-14-21(15-11-19)29(22-16-12-20(28)13-17-22)25-8-5-7-24-23-6-3-4-9-26(23)30-27(24)25/h3-18H,1-2H3. The summed E-state index contributed by atoms with van der Waals surface area (Å²) < 4.78 is 7.40. The third-order valence-corrected chi connectivity index (χ3v) is 6.06. The molecular weight excluding hydrogens is 434 g/mol. The van der Waals surface area contributed by atoms with E-state index in [1.807, 2.05) is 12.1 Å². The van der Waals surface area contributed by atoms with Crippen LogP contribution in [0.1, 0.15) is 25.3 Å². The van der Waals surface area contributed by atoms with E-state index in [0.717, 1.165) is 43.5 Å². The van der Waals surface area contributed by atoms with Gasteiger partial charge in [0.2, 0.25) is 0 Å². The molecule has 0 unspecified atom stereocenters. The van der Waals surface area contributed by atoms with E-state index in [1.165, 1.54) is 5.56 Å². The molecule has 0 N–H and O–H groups in total. The zero-order valence-corrected chi connectivity index (χ0v) is 18.6. The van der Waals surface area contributed by atoms with Gasteiger partial charge in [0.15, 0.2) is 5.58 Å². The molecular formula is C27H22BrNO. The Morgan fingerprint density at radius 1 is 0.700 bits per heavy atom. The normalized spacial score (nSPS) is 11.5. The second kappa shape index (κ2) is 7.66. The number of halogens is 1. The van der Waals surface area contributed by atoms with E-state index in [-0.39, 0.29) is 0 Å². The monoisotopic (exact) mass is 455 g/mol. The van der Waals surface area contributed by atoms with Gasteiger partial charge in [0, 0.05) is 26.6 Å². The first-order chi connectivity index (χ1) is 14.6. The minimum absolute atomic E-state index is 0.499. The number of fused-ring (bicyclic) bond motifs is 3. The number of para-hydroxylation sites is 2. The smallest absolute Gasteiger partial charge is 0.159 e. The minimum atomic E-state index is 0.499. The predicted molar refractivity (Wildman–Crippen MR) is 130 cm³/mol. The number of nitrogens with zero attached hydrogens (tertiary/aromatic N) is 1.